The van der Waals surface area contributed by atoms with Crippen LogP contribution in [0.2, 0.25) is 0 Å². The van der Waals surface area contributed by atoms with E-state index in [9.17, 15) is 14.3 Å². The van der Waals surface area contributed by atoms with Crippen LogP contribution in [0.1, 0.15) is 28.4 Å². The molecule has 0 fully saturated rings. The number of carbonyl (C=O) groups excluding carboxylic acids is 1. The maximum absolute atomic E-state index is 12.8. The number of carbonyl (C=O) groups is 1. The van der Waals surface area contributed by atoms with Gasteiger partial charge in [-0.1, -0.05) is 18.2 Å². The molecule has 0 radical (unpaired) electrons. The lowest BCUT2D eigenvalue weighted by Gasteiger charge is -2.06. The van der Waals surface area contributed by atoms with Gasteiger partial charge in [-0.15, -0.1) is 0 Å². The third kappa shape index (κ3) is 3.41. The van der Waals surface area contributed by atoms with Crippen molar-refractivity contribution in [2.45, 2.75) is 19.8 Å². The summed E-state index contributed by atoms with van der Waals surface area (Å²) in [5, 5.41) is 9.56. The Hall–Kier alpha value is -2.16. The molecule has 98 valence electrons. The molecule has 2 aromatic rings. The van der Waals surface area contributed by atoms with Crippen LogP contribution in [0.3, 0.4) is 0 Å². The highest BCUT2D eigenvalue weighted by Gasteiger charge is 2.07. The molecule has 0 amide bonds. The maximum atomic E-state index is 12.8. The van der Waals surface area contributed by atoms with E-state index in [1.165, 1.54) is 25.1 Å². The molecule has 3 heteroatoms. The highest BCUT2D eigenvalue weighted by Crippen LogP contribution is 2.20. The van der Waals surface area contributed by atoms with Crippen molar-refractivity contribution >= 4 is 5.78 Å². The third-order valence-corrected chi connectivity index (χ3v) is 3.06. The Bertz CT molecular complexity index is 588. The van der Waals surface area contributed by atoms with E-state index in [0.717, 1.165) is 24.0 Å². The zero-order valence-electron chi connectivity index (χ0n) is 10.7. The first-order valence-corrected chi connectivity index (χ1v) is 6.13. The molecule has 0 aliphatic rings. The van der Waals surface area contributed by atoms with Gasteiger partial charge < -0.3 is 5.11 Å². The van der Waals surface area contributed by atoms with Crippen LogP contribution in [0.5, 0.6) is 5.75 Å². The Labute approximate surface area is 111 Å². The number of aromatic hydroxyl groups is 1. The molecular formula is C16H15FO2. The van der Waals surface area contributed by atoms with Gasteiger partial charge in [0.2, 0.25) is 0 Å². The lowest BCUT2D eigenvalue weighted by Crippen LogP contribution is -1.97. The van der Waals surface area contributed by atoms with Crippen LogP contribution >= 0.6 is 0 Å². The highest BCUT2D eigenvalue weighted by molar-refractivity contribution is 5.96. The molecule has 2 rings (SSSR count). The average Bonchev–Trinajstić information content (AvgIpc) is 2.39. The van der Waals surface area contributed by atoms with Gasteiger partial charge in [-0.25, -0.2) is 4.39 Å². The Balaban J connectivity index is 2.09. The van der Waals surface area contributed by atoms with Gasteiger partial charge in [0.25, 0.3) is 0 Å². The first kappa shape index (κ1) is 13.3. The standard InChI is InChI=1S/C16H15FO2/c1-11(18)15-10-13(6-9-16(15)19)3-2-12-4-7-14(17)8-5-12/h4-10,19H,2-3H2,1H3. The van der Waals surface area contributed by atoms with E-state index in [-0.39, 0.29) is 17.3 Å². The van der Waals surface area contributed by atoms with E-state index in [4.69, 9.17) is 0 Å². The van der Waals surface area contributed by atoms with Crippen molar-refractivity contribution in [3.8, 4) is 5.75 Å². The van der Waals surface area contributed by atoms with Gasteiger partial charge in [-0.2, -0.15) is 0 Å². The van der Waals surface area contributed by atoms with Crippen molar-refractivity contribution in [2.24, 2.45) is 0 Å². The van der Waals surface area contributed by atoms with Crippen LogP contribution in [0.15, 0.2) is 42.5 Å². The second-order valence-corrected chi connectivity index (χ2v) is 4.53. The molecular weight excluding hydrogens is 243 g/mol. The molecule has 0 bridgehead atoms. The number of hydrogen-bond acceptors (Lipinski definition) is 2. The van der Waals surface area contributed by atoms with Gasteiger partial charge in [0.15, 0.2) is 5.78 Å². The second-order valence-electron chi connectivity index (χ2n) is 4.53. The predicted molar refractivity (Wildman–Crippen MR) is 71.9 cm³/mol. The van der Waals surface area contributed by atoms with Crippen LogP contribution in [0, 0.1) is 5.82 Å². The van der Waals surface area contributed by atoms with Crippen LogP contribution in [-0.4, -0.2) is 10.9 Å². The molecule has 2 nitrogen and oxygen atoms in total. The molecule has 0 aliphatic heterocycles. The van der Waals surface area contributed by atoms with Gasteiger partial charge in [-0.05, 0) is 55.2 Å². The molecule has 0 aliphatic carbocycles. The van der Waals surface area contributed by atoms with Crippen molar-refractivity contribution < 1.29 is 14.3 Å². The molecule has 0 saturated carbocycles. The first-order valence-electron chi connectivity index (χ1n) is 6.13. The number of benzene rings is 2. The average molecular weight is 258 g/mol. The van der Waals surface area contributed by atoms with Crippen molar-refractivity contribution in [3.63, 3.8) is 0 Å². The fourth-order valence-electron chi connectivity index (χ4n) is 1.96. The Morgan fingerprint density at radius 3 is 2.26 bits per heavy atom. The van der Waals surface area contributed by atoms with Crippen LogP contribution < -0.4 is 0 Å². The van der Waals surface area contributed by atoms with Crippen molar-refractivity contribution in [3.05, 3.63) is 65.0 Å². The minimum absolute atomic E-state index is 0.0121. The van der Waals surface area contributed by atoms with Crippen LogP contribution in [0.4, 0.5) is 4.39 Å². The SMILES string of the molecule is CC(=O)c1cc(CCc2ccc(F)cc2)ccc1O. The topological polar surface area (TPSA) is 37.3 Å². The lowest BCUT2D eigenvalue weighted by atomic mass is 10.0. The molecule has 0 unspecified atom stereocenters. The quantitative estimate of drug-likeness (QED) is 0.852. The van der Waals surface area contributed by atoms with E-state index in [0.29, 0.717) is 5.56 Å². The summed E-state index contributed by atoms with van der Waals surface area (Å²) in [5.74, 6) is -0.383. The molecule has 0 aromatic heterocycles. The van der Waals surface area contributed by atoms with Gasteiger partial charge in [0, 0.05) is 0 Å². The summed E-state index contributed by atoms with van der Waals surface area (Å²) >= 11 is 0. The summed E-state index contributed by atoms with van der Waals surface area (Å²) in [6, 6.07) is 11.4. The number of ketones is 1. The number of aryl methyl sites for hydroxylation is 2. The van der Waals surface area contributed by atoms with Crippen molar-refractivity contribution in [1.82, 2.24) is 0 Å². The van der Waals surface area contributed by atoms with E-state index >= 15 is 0 Å². The van der Waals surface area contributed by atoms with Crippen LogP contribution in [-0.2, 0) is 12.8 Å². The molecule has 0 spiro atoms. The van der Waals surface area contributed by atoms with Crippen molar-refractivity contribution in [1.29, 1.82) is 0 Å². The monoisotopic (exact) mass is 258 g/mol. The zero-order valence-corrected chi connectivity index (χ0v) is 10.7. The Morgan fingerprint density at radius 2 is 1.63 bits per heavy atom. The number of phenols is 1. The Morgan fingerprint density at radius 1 is 1.05 bits per heavy atom. The summed E-state index contributed by atoms with van der Waals surface area (Å²) in [7, 11) is 0. The van der Waals surface area contributed by atoms with Gasteiger partial charge in [0.05, 0.1) is 5.56 Å². The summed E-state index contributed by atoms with van der Waals surface area (Å²) in [4.78, 5) is 11.3. The lowest BCUT2D eigenvalue weighted by molar-refractivity contribution is 0.101. The van der Waals surface area contributed by atoms with Crippen LogP contribution in [0.25, 0.3) is 0 Å². The molecule has 0 heterocycles. The minimum atomic E-state index is -0.243. The summed E-state index contributed by atoms with van der Waals surface area (Å²) < 4.78 is 12.8. The van der Waals surface area contributed by atoms with Gasteiger partial charge in [0.1, 0.15) is 11.6 Å². The van der Waals surface area contributed by atoms with E-state index < -0.39 is 0 Å². The van der Waals surface area contributed by atoms with E-state index in [1.54, 1.807) is 24.3 Å². The van der Waals surface area contributed by atoms with E-state index in [1.807, 2.05) is 0 Å². The fraction of sp³-hybridized carbons (Fsp3) is 0.188. The summed E-state index contributed by atoms with van der Waals surface area (Å²) in [6.45, 7) is 1.43. The smallest absolute Gasteiger partial charge is 0.163 e. The third-order valence-electron chi connectivity index (χ3n) is 3.06. The molecule has 19 heavy (non-hydrogen) atoms. The van der Waals surface area contributed by atoms with Crippen molar-refractivity contribution in [2.75, 3.05) is 0 Å². The fourth-order valence-corrected chi connectivity index (χ4v) is 1.96. The molecule has 0 atom stereocenters. The molecule has 0 saturated heterocycles. The number of rotatable bonds is 4. The first-order chi connectivity index (χ1) is 9.06. The second kappa shape index (κ2) is 5.65. The number of halogens is 1. The minimum Gasteiger partial charge on any atom is -0.507 e. The summed E-state index contributed by atoms with van der Waals surface area (Å²) in [6.07, 6.45) is 1.51. The molecule has 2 aromatic carbocycles. The largest absolute Gasteiger partial charge is 0.507 e. The van der Waals surface area contributed by atoms with Gasteiger partial charge in [-0.3, -0.25) is 4.79 Å². The highest BCUT2D eigenvalue weighted by atomic mass is 19.1. The van der Waals surface area contributed by atoms with E-state index in [2.05, 4.69) is 0 Å². The molecule has 1 N–H and O–H groups in total. The number of Topliss-reactive ketones (excluding diaryl/α,β-unsaturated/α-hetero) is 1. The summed E-state index contributed by atoms with van der Waals surface area (Å²) in [5.41, 5.74) is 2.36. The Kier molecular flexibility index (Phi) is 3.95. The maximum Gasteiger partial charge on any atom is 0.163 e. The zero-order chi connectivity index (χ0) is 13.8. The predicted octanol–water partition coefficient (Wildman–Crippen LogP) is 3.52. The number of hydrogen-bond donors (Lipinski definition) is 1. The van der Waals surface area contributed by atoms with Gasteiger partial charge >= 0.3 is 0 Å². The number of phenolic OH excluding ortho intramolecular Hbond substituents is 1. The normalized spacial score (nSPS) is 10.4.